The second kappa shape index (κ2) is 5.95. The van der Waals surface area contributed by atoms with Crippen LogP contribution in [0.5, 0.6) is 0 Å². The van der Waals surface area contributed by atoms with Crippen LogP contribution in [0.4, 0.5) is 0 Å². The van der Waals surface area contributed by atoms with Crippen LogP contribution in [-0.2, 0) is 14.4 Å². The fraction of sp³-hybridized carbons (Fsp3) is 0.429. The Bertz CT molecular complexity index is 889. The highest BCUT2D eigenvalue weighted by Crippen LogP contribution is 2.46. The summed E-state index contributed by atoms with van der Waals surface area (Å²) in [5.41, 5.74) is 0.223. The molecule has 0 spiro atoms. The van der Waals surface area contributed by atoms with Gasteiger partial charge >= 0.3 is 0 Å². The van der Waals surface area contributed by atoms with Crippen LogP contribution >= 0.6 is 11.3 Å². The van der Waals surface area contributed by atoms with E-state index in [0.717, 1.165) is 21.0 Å². The monoisotopic (exact) mass is 369 g/mol. The maximum Gasteiger partial charge on any atom is 0.162 e. The summed E-state index contributed by atoms with van der Waals surface area (Å²) in [6.07, 6.45) is 0. The summed E-state index contributed by atoms with van der Waals surface area (Å²) in [6.45, 7) is 10.3. The molecule has 136 valence electrons. The molecule has 0 atom stereocenters. The van der Waals surface area contributed by atoms with Crippen molar-refractivity contribution < 1.29 is 14.4 Å². The third-order valence-corrected chi connectivity index (χ3v) is 6.33. The van der Waals surface area contributed by atoms with Crippen LogP contribution in [0.3, 0.4) is 0 Å². The van der Waals surface area contributed by atoms with Crippen molar-refractivity contribution in [2.45, 2.75) is 47.5 Å². The lowest BCUT2D eigenvalue weighted by Gasteiger charge is -2.40. The Morgan fingerprint density at radius 2 is 1.38 bits per heavy atom. The summed E-state index contributed by atoms with van der Waals surface area (Å²) in [7, 11) is 0. The van der Waals surface area contributed by atoms with Gasteiger partial charge in [-0.05, 0) is 41.5 Å². The summed E-state index contributed by atoms with van der Waals surface area (Å²) >= 11 is 1.47. The maximum atomic E-state index is 13.0. The molecule has 1 aromatic heterocycles. The van der Waals surface area contributed by atoms with Crippen LogP contribution in [0.1, 0.15) is 49.7 Å². The molecule has 0 N–H and O–H groups in total. The van der Waals surface area contributed by atoms with Gasteiger partial charge in [-0.15, -0.1) is 11.3 Å². The van der Waals surface area contributed by atoms with E-state index >= 15 is 0 Å². The minimum atomic E-state index is -1.19. The maximum absolute atomic E-state index is 13.0. The lowest BCUT2D eigenvalue weighted by atomic mass is 9.58. The predicted octanol–water partition coefficient (Wildman–Crippen LogP) is 4.28. The van der Waals surface area contributed by atoms with Gasteiger partial charge in [0.1, 0.15) is 10.9 Å². The quantitative estimate of drug-likeness (QED) is 0.741. The molecule has 1 aliphatic rings. The normalized spacial score (nSPS) is 19.8. The van der Waals surface area contributed by atoms with E-state index in [-0.39, 0.29) is 17.3 Å². The van der Waals surface area contributed by atoms with Crippen LogP contribution in [-0.4, -0.2) is 22.3 Å². The minimum Gasteiger partial charge on any atom is -0.298 e. The Hall–Kier alpha value is -2.14. The summed E-state index contributed by atoms with van der Waals surface area (Å²) in [4.78, 5) is 44.2. The first-order valence-corrected chi connectivity index (χ1v) is 9.47. The summed E-state index contributed by atoms with van der Waals surface area (Å²) < 4.78 is 0. The Morgan fingerprint density at radius 3 is 1.88 bits per heavy atom. The summed E-state index contributed by atoms with van der Waals surface area (Å²) in [5.74, 6) is -2.00. The molecule has 1 aliphatic carbocycles. The third-order valence-electron chi connectivity index (χ3n) is 5.30. The van der Waals surface area contributed by atoms with Crippen molar-refractivity contribution in [2.75, 3.05) is 0 Å². The van der Waals surface area contributed by atoms with E-state index in [4.69, 9.17) is 0 Å². The molecule has 1 aromatic carbocycles. The minimum absolute atomic E-state index is 0.317. The molecule has 3 rings (SSSR count). The summed E-state index contributed by atoms with van der Waals surface area (Å²) in [5, 5.41) is 0.783. The molecule has 5 heteroatoms. The van der Waals surface area contributed by atoms with Crippen LogP contribution in [0.15, 0.2) is 24.3 Å². The van der Waals surface area contributed by atoms with Gasteiger partial charge in [0.15, 0.2) is 17.3 Å². The number of nitrogens with zero attached hydrogens (tertiary/aromatic N) is 1. The van der Waals surface area contributed by atoms with E-state index in [0.29, 0.717) is 5.69 Å². The number of carbonyl (C=O) groups excluding carboxylic acids is 3. The molecule has 0 unspecified atom stereocenters. The highest BCUT2D eigenvalue weighted by molar-refractivity contribution is 7.15. The van der Waals surface area contributed by atoms with Crippen molar-refractivity contribution in [3.8, 4) is 10.6 Å². The lowest BCUT2D eigenvalue weighted by molar-refractivity contribution is -0.157. The van der Waals surface area contributed by atoms with E-state index in [2.05, 4.69) is 4.98 Å². The number of hydrogen-bond acceptors (Lipinski definition) is 5. The van der Waals surface area contributed by atoms with Crippen molar-refractivity contribution in [1.82, 2.24) is 4.98 Å². The standard InChI is InChI=1S/C21H23NO3S/c1-11-7-9-13(10-8-11)18-22-15(12(2)26-18)14-16(23)20(3,4)19(25)21(5,6)17(14)24/h7-10,14H,1-6H3. The number of aromatic nitrogens is 1. The van der Waals surface area contributed by atoms with Crippen molar-refractivity contribution in [1.29, 1.82) is 0 Å². The van der Waals surface area contributed by atoms with Crippen molar-refractivity contribution >= 4 is 28.7 Å². The zero-order valence-electron chi connectivity index (χ0n) is 16.0. The molecular weight excluding hydrogens is 346 g/mol. The second-order valence-electron chi connectivity index (χ2n) is 8.07. The number of aryl methyl sites for hydroxylation is 2. The average molecular weight is 369 g/mol. The summed E-state index contributed by atoms with van der Waals surface area (Å²) in [6, 6.07) is 7.99. The number of hydrogen-bond donors (Lipinski definition) is 0. The van der Waals surface area contributed by atoms with E-state index in [1.165, 1.54) is 11.3 Å². The van der Waals surface area contributed by atoms with Crippen molar-refractivity contribution in [2.24, 2.45) is 10.8 Å². The number of benzene rings is 1. The second-order valence-corrected chi connectivity index (χ2v) is 9.27. The molecule has 0 saturated heterocycles. The largest absolute Gasteiger partial charge is 0.298 e. The number of rotatable bonds is 2. The third kappa shape index (κ3) is 2.65. The van der Waals surface area contributed by atoms with Gasteiger partial charge < -0.3 is 0 Å². The molecule has 1 heterocycles. The molecule has 1 saturated carbocycles. The van der Waals surface area contributed by atoms with Gasteiger partial charge in [0.25, 0.3) is 0 Å². The Kier molecular flexibility index (Phi) is 4.26. The van der Waals surface area contributed by atoms with Gasteiger partial charge in [-0.2, -0.15) is 0 Å². The first-order valence-electron chi connectivity index (χ1n) is 8.66. The van der Waals surface area contributed by atoms with E-state index in [9.17, 15) is 14.4 Å². The first-order chi connectivity index (χ1) is 12.0. The molecule has 2 aromatic rings. The SMILES string of the molecule is Cc1ccc(-c2nc(C3C(=O)C(C)(C)C(=O)C(C)(C)C3=O)c(C)s2)cc1. The van der Waals surface area contributed by atoms with Gasteiger partial charge in [-0.3, -0.25) is 14.4 Å². The van der Waals surface area contributed by atoms with Crippen molar-refractivity contribution in [3.05, 3.63) is 40.4 Å². The van der Waals surface area contributed by atoms with Crippen LogP contribution in [0, 0.1) is 24.7 Å². The lowest BCUT2D eigenvalue weighted by Crippen LogP contribution is -2.56. The molecule has 4 nitrogen and oxygen atoms in total. The smallest absolute Gasteiger partial charge is 0.162 e. The van der Waals surface area contributed by atoms with Crippen LogP contribution < -0.4 is 0 Å². The van der Waals surface area contributed by atoms with Gasteiger partial charge in [0.2, 0.25) is 0 Å². The number of ketones is 3. The Balaban J connectivity index is 2.11. The zero-order valence-corrected chi connectivity index (χ0v) is 16.8. The van der Waals surface area contributed by atoms with Gasteiger partial charge in [-0.25, -0.2) is 4.98 Å². The molecule has 26 heavy (non-hydrogen) atoms. The number of Topliss-reactive ketones (excluding diaryl/α,β-unsaturated/α-hetero) is 3. The fourth-order valence-corrected chi connectivity index (χ4v) is 4.55. The molecular formula is C21H23NO3S. The Morgan fingerprint density at radius 1 is 0.885 bits per heavy atom. The highest BCUT2D eigenvalue weighted by atomic mass is 32.1. The van der Waals surface area contributed by atoms with Gasteiger partial charge in [0.05, 0.1) is 16.5 Å². The van der Waals surface area contributed by atoms with E-state index in [1.54, 1.807) is 27.7 Å². The van der Waals surface area contributed by atoms with Crippen LogP contribution in [0.2, 0.25) is 0 Å². The predicted molar refractivity (Wildman–Crippen MR) is 102 cm³/mol. The highest BCUT2D eigenvalue weighted by Gasteiger charge is 2.59. The molecule has 1 fully saturated rings. The molecule has 0 aliphatic heterocycles. The first kappa shape index (κ1) is 18.6. The topological polar surface area (TPSA) is 64.1 Å². The Labute approximate surface area is 157 Å². The van der Waals surface area contributed by atoms with E-state index in [1.807, 2.05) is 38.1 Å². The van der Waals surface area contributed by atoms with E-state index < -0.39 is 16.7 Å². The zero-order chi connectivity index (χ0) is 19.4. The molecule has 0 amide bonds. The average Bonchev–Trinajstić information content (AvgIpc) is 2.95. The number of carbonyl (C=O) groups is 3. The molecule has 0 bridgehead atoms. The fourth-order valence-electron chi connectivity index (χ4n) is 3.59. The number of thiazole rings is 1. The molecule has 0 radical (unpaired) electrons. The van der Waals surface area contributed by atoms with Gasteiger partial charge in [-0.1, -0.05) is 29.8 Å². The van der Waals surface area contributed by atoms with Crippen LogP contribution in [0.25, 0.3) is 10.6 Å². The van der Waals surface area contributed by atoms with Crippen molar-refractivity contribution in [3.63, 3.8) is 0 Å². The van der Waals surface area contributed by atoms with Gasteiger partial charge in [0, 0.05) is 10.4 Å².